The van der Waals surface area contributed by atoms with Gasteiger partial charge in [-0.15, -0.1) is 23.5 Å². The second kappa shape index (κ2) is 5.94. The molecule has 2 nitrogen and oxygen atoms in total. The zero-order chi connectivity index (χ0) is 11.4. The minimum atomic E-state index is -0.0290. The summed E-state index contributed by atoms with van der Waals surface area (Å²) in [7, 11) is 0. The van der Waals surface area contributed by atoms with Gasteiger partial charge in [0.25, 0.3) is 0 Å². The fraction of sp³-hybridized carbons (Fsp3) is 0.300. The van der Waals surface area contributed by atoms with Crippen molar-refractivity contribution in [1.82, 2.24) is 0 Å². The first kappa shape index (κ1) is 13.1. The predicted molar refractivity (Wildman–Crippen MR) is 71.1 cm³/mol. The second-order valence-corrected chi connectivity index (χ2v) is 5.34. The van der Waals surface area contributed by atoms with Gasteiger partial charge in [-0.3, -0.25) is 4.79 Å². The highest BCUT2D eigenvalue weighted by atomic mass is 79.9. The lowest BCUT2D eigenvalue weighted by atomic mass is 10.1. The van der Waals surface area contributed by atoms with Crippen LogP contribution in [0, 0.1) is 0 Å². The average Bonchev–Trinajstić information content (AvgIpc) is 2.26. The number of ketones is 1. The molecule has 1 aromatic rings. The van der Waals surface area contributed by atoms with E-state index in [2.05, 4.69) is 15.9 Å². The molecule has 0 aliphatic rings. The predicted octanol–water partition coefficient (Wildman–Crippen LogP) is 3.03. The van der Waals surface area contributed by atoms with E-state index in [1.165, 1.54) is 0 Å². The van der Waals surface area contributed by atoms with Gasteiger partial charge in [0.2, 0.25) is 0 Å². The van der Waals surface area contributed by atoms with E-state index < -0.39 is 0 Å². The van der Waals surface area contributed by atoms with Crippen LogP contribution in [-0.2, 0) is 0 Å². The van der Waals surface area contributed by atoms with Crippen molar-refractivity contribution in [2.24, 2.45) is 5.73 Å². The van der Waals surface area contributed by atoms with Gasteiger partial charge in [-0.2, -0.15) is 0 Å². The highest BCUT2D eigenvalue weighted by molar-refractivity contribution is 9.10. The van der Waals surface area contributed by atoms with Crippen molar-refractivity contribution in [1.29, 1.82) is 0 Å². The van der Waals surface area contributed by atoms with Crippen LogP contribution >= 0.6 is 39.5 Å². The maximum atomic E-state index is 11.5. The molecule has 0 heterocycles. The first-order valence-corrected chi connectivity index (χ1v) is 7.53. The number of carbonyl (C=O) groups is 1. The van der Waals surface area contributed by atoms with Gasteiger partial charge in [0.15, 0.2) is 5.78 Å². The van der Waals surface area contributed by atoms with Gasteiger partial charge in [0.05, 0.1) is 6.54 Å². The largest absolute Gasteiger partial charge is 0.324 e. The van der Waals surface area contributed by atoms with Crippen molar-refractivity contribution in [2.75, 3.05) is 19.1 Å². The Morgan fingerprint density at radius 1 is 1.40 bits per heavy atom. The van der Waals surface area contributed by atoms with Crippen LogP contribution in [-0.4, -0.2) is 24.8 Å². The molecule has 15 heavy (non-hydrogen) atoms. The molecule has 1 rings (SSSR count). The van der Waals surface area contributed by atoms with Crippen LogP contribution in [0.2, 0.25) is 0 Å². The molecule has 5 heteroatoms. The van der Waals surface area contributed by atoms with E-state index in [-0.39, 0.29) is 12.3 Å². The maximum absolute atomic E-state index is 11.5. The summed E-state index contributed by atoms with van der Waals surface area (Å²) in [5.41, 5.74) is 6.01. The smallest absolute Gasteiger partial charge is 0.176 e. The number of Topliss-reactive ketones (excluding diaryl/α,β-unsaturated/α-hetero) is 1. The van der Waals surface area contributed by atoms with Crippen LogP contribution in [0.3, 0.4) is 0 Å². The third-order valence-corrected chi connectivity index (χ3v) is 4.57. The standard InChI is InChI=1S/C10H12BrNOS2/c1-14-9-4-6(8(13)5-12)3-7(11)10(9)15-2/h3-4H,5,12H2,1-2H3. The number of halogens is 1. The fourth-order valence-electron chi connectivity index (χ4n) is 1.20. The Hall–Kier alpha value is 0.0300. The Bertz CT molecular complexity index is 382. The lowest BCUT2D eigenvalue weighted by molar-refractivity contribution is 0.100. The van der Waals surface area contributed by atoms with Crippen molar-refractivity contribution in [2.45, 2.75) is 9.79 Å². The highest BCUT2D eigenvalue weighted by Crippen LogP contribution is 2.35. The summed E-state index contributed by atoms with van der Waals surface area (Å²) < 4.78 is 0.957. The second-order valence-electron chi connectivity index (χ2n) is 2.82. The average molecular weight is 306 g/mol. The van der Waals surface area contributed by atoms with Gasteiger partial charge in [-0.25, -0.2) is 0 Å². The summed E-state index contributed by atoms with van der Waals surface area (Å²) >= 11 is 6.77. The van der Waals surface area contributed by atoms with Gasteiger partial charge in [0, 0.05) is 19.8 Å². The van der Waals surface area contributed by atoms with Crippen molar-refractivity contribution < 1.29 is 4.79 Å². The van der Waals surface area contributed by atoms with Crippen molar-refractivity contribution in [3.8, 4) is 0 Å². The van der Waals surface area contributed by atoms with Crippen LogP contribution in [0.1, 0.15) is 10.4 Å². The van der Waals surface area contributed by atoms with E-state index in [4.69, 9.17) is 5.73 Å². The summed E-state index contributed by atoms with van der Waals surface area (Å²) in [5.74, 6) is -0.0290. The van der Waals surface area contributed by atoms with Crippen molar-refractivity contribution >= 4 is 45.2 Å². The summed E-state index contributed by atoms with van der Waals surface area (Å²) in [6.07, 6.45) is 4.02. The lowest BCUT2D eigenvalue weighted by Crippen LogP contribution is -2.13. The molecular formula is C10H12BrNOS2. The van der Waals surface area contributed by atoms with E-state index >= 15 is 0 Å². The van der Waals surface area contributed by atoms with Crippen molar-refractivity contribution in [3.63, 3.8) is 0 Å². The van der Waals surface area contributed by atoms with E-state index in [9.17, 15) is 4.79 Å². The minimum Gasteiger partial charge on any atom is -0.324 e. The Kier molecular flexibility index (Phi) is 5.18. The first-order valence-electron chi connectivity index (χ1n) is 4.28. The van der Waals surface area contributed by atoms with Crippen LogP contribution < -0.4 is 5.73 Å². The Morgan fingerprint density at radius 2 is 2.07 bits per heavy atom. The molecule has 0 fully saturated rings. The molecule has 0 aliphatic carbocycles. The van der Waals surface area contributed by atoms with Crippen LogP contribution in [0.5, 0.6) is 0 Å². The highest BCUT2D eigenvalue weighted by Gasteiger charge is 2.11. The summed E-state index contributed by atoms with van der Waals surface area (Å²) in [4.78, 5) is 13.7. The zero-order valence-electron chi connectivity index (χ0n) is 8.54. The van der Waals surface area contributed by atoms with Crippen LogP contribution in [0.4, 0.5) is 0 Å². The van der Waals surface area contributed by atoms with Gasteiger partial charge in [-0.05, 0) is 40.6 Å². The molecule has 1 aromatic carbocycles. The third kappa shape index (κ3) is 3.00. The van der Waals surface area contributed by atoms with E-state index in [1.54, 1.807) is 23.5 Å². The van der Waals surface area contributed by atoms with Gasteiger partial charge >= 0.3 is 0 Å². The molecule has 82 valence electrons. The maximum Gasteiger partial charge on any atom is 0.176 e. The molecule has 2 N–H and O–H groups in total. The fourth-order valence-corrected chi connectivity index (χ4v) is 3.83. The Morgan fingerprint density at radius 3 is 2.53 bits per heavy atom. The van der Waals surface area contributed by atoms with E-state index in [1.807, 2.05) is 24.6 Å². The lowest BCUT2D eigenvalue weighted by Gasteiger charge is -2.09. The summed E-state index contributed by atoms with van der Waals surface area (Å²) in [6.45, 7) is 0.0544. The molecule has 0 spiro atoms. The molecule has 0 saturated carbocycles. The summed E-state index contributed by atoms with van der Waals surface area (Å²) in [5, 5.41) is 0. The molecular weight excluding hydrogens is 294 g/mol. The van der Waals surface area contributed by atoms with Crippen LogP contribution in [0.25, 0.3) is 0 Å². The van der Waals surface area contributed by atoms with Crippen LogP contribution in [0.15, 0.2) is 26.4 Å². The van der Waals surface area contributed by atoms with E-state index in [0.717, 1.165) is 14.3 Å². The van der Waals surface area contributed by atoms with E-state index in [0.29, 0.717) is 5.56 Å². The Balaban J connectivity index is 3.25. The molecule has 0 aliphatic heterocycles. The molecule has 0 amide bonds. The number of rotatable bonds is 4. The molecule has 0 aromatic heterocycles. The van der Waals surface area contributed by atoms with Gasteiger partial charge in [0.1, 0.15) is 0 Å². The first-order chi connectivity index (χ1) is 7.13. The monoisotopic (exact) mass is 305 g/mol. The quantitative estimate of drug-likeness (QED) is 0.686. The minimum absolute atomic E-state index is 0.0290. The normalized spacial score (nSPS) is 10.4. The van der Waals surface area contributed by atoms with Crippen molar-refractivity contribution in [3.05, 3.63) is 22.2 Å². The molecule has 0 unspecified atom stereocenters. The SMILES string of the molecule is CSc1cc(C(=O)CN)cc(Br)c1SC. The van der Waals surface area contributed by atoms with Gasteiger partial charge < -0.3 is 5.73 Å². The third-order valence-electron chi connectivity index (χ3n) is 1.94. The number of thioether (sulfide) groups is 2. The molecule has 0 bridgehead atoms. The summed E-state index contributed by atoms with van der Waals surface area (Å²) in [6, 6.07) is 3.73. The van der Waals surface area contributed by atoms with Gasteiger partial charge in [-0.1, -0.05) is 0 Å². The Labute approximate surface area is 107 Å². The number of hydrogen-bond donors (Lipinski definition) is 1. The number of carbonyl (C=O) groups excluding carboxylic acids is 1. The molecule has 0 saturated heterocycles. The number of benzene rings is 1. The number of nitrogens with two attached hydrogens (primary N) is 1. The molecule has 0 atom stereocenters. The zero-order valence-corrected chi connectivity index (χ0v) is 11.8. The number of hydrogen-bond acceptors (Lipinski definition) is 4. The molecule has 0 radical (unpaired) electrons. The topological polar surface area (TPSA) is 43.1 Å².